The standard InChI is InChI=1S/C21H19NO3S/c1-2-25-15-10-8-14(9-11-15)20(23)18-12-17(13-19(22)21(18)24)26-16-6-4-3-5-7-16/h3-13,24H,2,22H2,1H3. The van der Waals surface area contributed by atoms with E-state index < -0.39 is 0 Å². The summed E-state index contributed by atoms with van der Waals surface area (Å²) in [6.45, 7) is 2.46. The van der Waals surface area contributed by atoms with Gasteiger partial charge in [0.05, 0.1) is 17.9 Å². The first-order valence-corrected chi connectivity index (χ1v) is 9.03. The second-order valence-corrected chi connectivity index (χ2v) is 6.76. The number of carbonyl (C=O) groups excluding carboxylic acids is 1. The molecule has 0 spiro atoms. The topological polar surface area (TPSA) is 72.5 Å². The van der Waals surface area contributed by atoms with E-state index in [1.807, 2.05) is 37.3 Å². The van der Waals surface area contributed by atoms with Gasteiger partial charge in [0.25, 0.3) is 0 Å². The highest BCUT2D eigenvalue weighted by atomic mass is 32.2. The van der Waals surface area contributed by atoms with Crippen molar-refractivity contribution in [3.05, 3.63) is 77.9 Å². The maximum atomic E-state index is 12.8. The Balaban J connectivity index is 1.91. The number of ketones is 1. The van der Waals surface area contributed by atoms with E-state index in [4.69, 9.17) is 10.5 Å². The molecule has 26 heavy (non-hydrogen) atoms. The van der Waals surface area contributed by atoms with Crippen molar-refractivity contribution in [3.8, 4) is 11.5 Å². The Hall–Kier alpha value is -2.92. The molecule has 0 heterocycles. The van der Waals surface area contributed by atoms with E-state index in [0.29, 0.717) is 17.9 Å². The Labute approximate surface area is 156 Å². The second kappa shape index (κ2) is 7.97. The Morgan fingerprint density at radius 3 is 2.38 bits per heavy atom. The smallest absolute Gasteiger partial charge is 0.196 e. The summed E-state index contributed by atoms with van der Waals surface area (Å²) >= 11 is 1.48. The van der Waals surface area contributed by atoms with Crippen molar-refractivity contribution in [2.45, 2.75) is 16.7 Å². The zero-order valence-corrected chi connectivity index (χ0v) is 15.1. The van der Waals surface area contributed by atoms with E-state index in [9.17, 15) is 9.90 Å². The molecule has 3 aromatic carbocycles. The Morgan fingerprint density at radius 1 is 1.04 bits per heavy atom. The summed E-state index contributed by atoms with van der Waals surface area (Å²) in [4.78, 5) is 14.6. The molecule has 0 aliphatic heterocycles. The summed E-state index contributed by atoms with van der Waals surface area (Å²) in [5.41, 5.74) is 6.75. The average molecular weight is 365 g/mol. The minimum Gasteiger partial charge on any atom is -0.505 e. The molecular formula is C21H19NO3S. The fourth-order valence-corrected chi connectivity index (χ4v) is 3.44. The minimum atomic E-state index is -0.284. The van der Waals surface area contributed by atoms with Crippen molar-refractivity contribution in [2.24, 2.45) is 0 Å². The maximum Gasteiger partial charge on any atom is 0.196 e. The summed E-state index contributed by atoms with van der Waals surface area (Å²) in [6, 6.07) is 19.9. The molecule has 3 aromatic rings. The third-order valence-corrected chi connectivity index (χ3v) is 4.74. The van der Waals surface area contributed by atoms with Gasteiger partial charge in [-0.25, -0.2) is 0 Å². The highest BCUT2D eigenvalue weighted by Gasteiger charge is 2.17. The molecule has 0 aliphatic rings. The number of carbonyl (C=O) groups is 1. The average Bonchev–Trinajstić information content (AvgIpc) is 2.66. The number of nitrogens with two attached hydrogens (primary N) is 1. The van der Waals surface area contributed by atoms with Gasteiger partial charge in [-0.3, -0.25) is 4.79 Å². The van der Waals surface area contributed by atoms with Crippen LogP contribution >= 0.6 is 11.8 Å². The molecular weight excluding hydrogens is 346 g/mol. The van der Waals surface area contributed by atoms with Gasteiger partial charge in [-0.15, -0.1) is 0 Å². The third kappa shape index (κ3) is 4.00. The first-order valence-electron chi connectivity index (χ1n) is 8.21. The molecule has 5 heteroatoms. The molecule has 3 rings (SSSR count). The number of ether oxygens (including phenoxy) is 1. The van der Waals surface area contributed by atoms with Gasteiger partial charge in [0.2, 0.25) is 0 Å². The first kappa shape index (κ1) is 17.9. The lowest BCUT2D eigenvalue weighted by atomic mass is 10.0. The van der Waals surface area contributed by atoms with E-state index in [1.165, 1.54) is 11.8 Å². The van der Waals surface area contributed by atoms with Gasteiger partial charge in [-0.05, 0) is 55.5 Å². The zero-order chi connectivity index (χ0) is 18.5. The van der Waals surface area contributed by atoms with E-state index in [-0.39, 0.29) is 22.8 Å². The minimum absolute atomic E-state index is 0.181. The van der Waals surface area contributed by atoms with Crippen LogP contribution in [0.15, 0.2) is 76.5 Å². The predicted octanol–water partition coefficient (Wildman–Crippen LogP) is 4.76. The lowest BCUT2D eigenvalue weighted by molar-refractivity contribution is 0.103. The highest BCUT2D eigenvalue weighted by Crippen LogP contribution is 2.36. The summed E-state index contributed by atoms with van der Waals surface area (Å²) in [7, 11) is 0. The van der Waals surface area contributed by atoms with E-state index >= 15 is 0 Å². The van der Waals surface area contributed by atoms with Crippen molar-refractivity contribution in [1.82, 2.24) is 0 Å². The van der Waals surface area contributed by atoms with Crippen LogP contribution < -0.4 is 10.5 Å². The summed E-state index contributed by atoms with van der Waals surface area (Å²) in [6.07, 6.45) is 0. The molecule has 0 unspecified atom stereocenters. The van der Waals surface area contributed by atoms with Gasteiger partial charge in [0.1, 0.15) is 11.5 Å². The highest BCUT2D eigenvalue weighted by molar-refractivity contribution is 7.99. The number of rotatable bonds is 6. The Bertz CT molecular complexity index is 909. The number of nitrogen functional groups attached to an aromatic ring is 1. The van der Waals surface area contributed by atoms with Crippen molar-refractivity contribution >= 4 is 23.2 Å². The lowest BCUT2D eigenvalue weighted by Crippen LogP contribution is -2.04. The normalized spacial score (nSPS) is 10.5. The molecule has 0 bridgehead atoms. The van der Waals surface area contributed by atoms with Crippen LogP contribution in [0, 0.1) is 0 Å². The molecule has 3 N–H and O–H groups in total. The van der Waals surface area contributed by atoms with Crippen LogP contribution in [0.4, 0.5) is 5.69 Å². The van der Waals surface area contributed by atoms with Crippen LogP contribution in [-0.2, 0) is 0 Å². The van der Waals surface area contributed by atoms with Crippen molar-refractivity contribution < 1.29 is 14.6 Å². The van der Waals surface area contributed by atoms with E-state index in [0.717, 1.165) is 9.79 Å². The van der Waals surface area contributed by atoms with E-state index in [1.54, 1.807) is 36.4 Å². The number of phenolic OH excluding ortho intramolecular Hbond substituents is 1. The number of hydrogen-bond acceptors (Lipinski definition) is 5. The molecule has 0 radical (unpaired) electrons. The second-order valence-electron chi connectivity index (χ2n) is 5.61. The monoisotopic (exact) mass is 365 g/mol. The fourth-order valence-electron chi connectivity index (χ4n) is 2.51. The Morgan fingerprint density at radius 2 is 1.73 bits per heavy atom. The van der Waals surface area contributed by atoms with Gasteiger partial charge in [-0.1, -0.05) is 30.0 Å². The lowest BCUT2D eigenvalue weighted by Gasteiger charge is -2.10. The van der Waals surface area contributed by atoms with Crippen molar-refractivity contribution in [3.63, 3.8) is 0 Å². The van der Waals surface area contributed by atoms with Gasteiger partial charge in [-0.2, -0.15) is 0 Å². The van der Waals surface area contributed by atoms with Gasteiger partial charge in [0.15, 0.2) is 5.78 Å². The van der Waals surface area contributed by atoms with Crippen LogP contribution in [-0.4, -0.2) is 17.5 Å². The molecule has 0 aliphatic carbocycles. The SMILES string of the molecule is CCOc1ccc(C(=O)c2cc(Sc3ccccc3)cc(N)c2O)cc1. The predicted molar refractivity (Wildman–Crippen MR) is 104 cm³/mol. The molecule has 0 atom stereocenters. The van der Waals surface area contributed by atoms with Crippen LogP contribution in [0.5, 0.6) is 11.5 Å². The first-order chi connectivity index (χ1) is 12.6. The summed E-state index contributed by atoms with van der Waals surface area (Å²) in [5.74, 6) is 0.218. The van der Waals surface area contributed by atoms with E-state index in [2.05, 4.69) is 0 Å². The molecule has 0 saturated carbocycles. The third-order valence-electron chi connectivity index (χ3n) is 3.76. The summed E-state index contributed by atoms with van der Waals surface area (Å²) < 4.78 is 5.39. The zero-order valence-electron chi connectivity index (χ0n) is 14.3. The molecule has 0 fully saturated rings. The molecule has 4 nitrogen and oxygen atoms in total. The molecule has 132 valence electrons. The molecule has 0 aromatic heterocycles. The quantitative estimate of drug-likeness (QED) is 0.374. The van der Waals surface area contributed by atoms with Crippen molar-refractivity contribution in [1.29, 1.82) is 0 Å². The van der Waals surface area contributed by atoms with Gasteiger partial charge >= 0.3 is 0 Å². The molecule has 0 amide bonds. The summed E-state index contributed by atoms with van der Waals surface area (Å²) in [5, 5.41) is 10.3. The maximum absolute atomic E-state index is 12.8. The fraction of sp³-hybridized carbons (Fsp3) is 0.0952. The largest absolute Gasteiger partial charge is 0.505 e. The molecule has 0 saturated heterocycles. The van der Waals surface area contributed by atoms with Gasteiger partial charge in [0, 0.05) is 15.4 Å². The number of phenols is 1. The number of hydrogen-bond donors (Lipinski definition) is 2. The van der Waals surface area contributed by atoms with Crippen LogP contribution in [0.25, 0.3) is 0 Å². The van der Waals surface area contributed by atoms with Crippen LogP contribution in [0.2, 0.25) is 0 Å². The number of aromatic hydroxyl groups is 1. The van der Waals surface area contributed by atoms with Crippen molar-refractivity contribution in [2.75, 3.05) is 12.3 Å². The number of benzene rings is 3. The van der Waals surface area contributed by atoms with Gasteiger partial charge < -0.3 is 15.6 Å². The van der Waals surface area contributed by atoms with Crippen LogP contribution in [0.3, 0.4) is 0 Å². The number of anilines is 1. The van der Waals surface area contributed by atoms with Crippen LogP contribution in [0.1, 0.15) is 22.8 Å². The Kier molecular flexibility index (Phi) is 5.49.